The number of rotatable bonds is 5. The summed E-state index contributed by atoms with van der Waals surface area (Å²) >= 11 is 1.33. The van der Waals surface area contributed by atoms with Crippen molar-refractivity contribution in [3.63, 3.8) is 0 Å². The molecule has 0 bridgehead atoms. The van der Waals surface area contributed by atoms with Crippen LogP contribution in [0.2, 0.25) is 0 Å². The molecule has 0 saturated carbocycles. The SMILES string of the molecule is CC1(O)CCN(S(=O)(=O)c2cccc(F)c2)C(c2cccs2)C1NC(=O)c1ccccc1. The molecule has 168 valence electrons. The van der Waals surface area contributed by atoms with Gasteiger partial charge in [-0.2, -0.15) is 4.31 Å². The summed E-state index contributed by atoms with van der Waals surface area (Å²) in [5.41, 5.74) is -0.967. The zero-order valence-electron chi connectivity index (χ0n) is 17.3. The Morgan fingerprint density at radius 1 is 1.16 bits per heavy atom. The number of amides is 1. The van der Waals surface area contributed by atoms with E-state index in [-0.39, 0.29) is 17.9 Å². The van der Waals surface area contributed by atoms with Crippen molar-refractivity contribution < 1.29 is 22.7 Å². The number of nitrogens with one attached hydrogen (secondary N) is 1. The Balaban J connectivity index is 1.77. The number of aliphatic hydroxyl groups is 1. The molecule has 2 aromatic carbocycles. The van der Waals surface area contributed by atoms with Crippen LogP contribution in [0.25, 0.3) is 0 Å². The lowest BCUT2D eigenvalue weighted by Crippen LogP contribution is -2.63. The quantitative estimate of drug-likeness (QED) is 0.592. The smallest absolute Gasteiger partial charge is 0.251 e. The van der Waals surface area contributed by atoms with Gasteiger partial charge in [-0.05, 0) is 55.1 Å². The maximum absolute atomic E-state index is 13.8. The summed E-state index contributed by atoms with van der Waals surface area (Å²) in [7, 11) is -4.11. The van der Waals surface area contributed by atoms with E-state index in [1.807, 2.05) is 5.38 Å². The summed E-state index contributed by atoms with van der Waals surface area (Å²) in [5, 5.41) is 15.9. The van der Waals surface area contributed by atoms with Crippen molar-refractivity contribution in [2.24, 2.45) is 0 Å². The van der Waals surface area contributed by atoms with Crippen LogP contribution in [0, 0.1) is 5.82 Å². The highest BCUT2D eigenvalue weighted by molar-refractivity contribution is 7.89. The number of halogens is 1. The minimum Gasteiger partial charge on any atom is -0.388 e. The number of carbonyl (C=O) groups excluding carboxylic acids is 1. The number of piperidine rings is 1. The lowest BCUT2D eigenvalue weighted by molar-refractivity contribution is -0.0411. The normalized spacial score (nSPS) is 24.2. The zero-order chi connectivity index (χ0) is 22.9. The van der Waals surface area contributed by atoms with Gasteiger partial charge in [0.25, 0.3) is 5.91 Å². The average molecular weight is 475 g/mol. The molecule has 9 heteroatoms. The number of hydrogen-bond acceptors (Lipinski definition) is 5. The molecule has 1 aliphatic heterocycles. The van der Waals surface area contributed by atoms with Gasteiger partial charge < -0.3 is 10.4 Å². The first-order valence-corrected chi connectivity index (χ1v) is 12.4. The van der Waals surface area contributed by atoms with Gasteiger partial charge in [0.1, 0.15) is 5.82 Å². The third-order valence-electron chi connectivity index (χ3n) is 5.69. The third kappa shape index (κ3) is 4.33. The van der Waals surface area contributed by atoms with Crippen molar-refractivity contribution in [3.05, 3.63) is 88.4 Å². The largest absolute Gasteiger partial charge is 0.388 e. The zero-order valence-corrected chi connectivity index (χ0v) is 18.9. The van der Waals surface area contributed by atoms with Gasteiger partial charge in [0, 0.05) is 17.0 Å². The second-order valence-corrected chi connectivity index (χ2v) is 10.8. The molecule has 1 fully saturated rings. The standard InChI is InChI=1S/C23H23FN2O4S2/c1-23(28)12-13-26(32(29,30)18-10-5-9-17(24)15-18)20(19-11-6-14-31-19)21(23)25-22(27)16-7-3-2-4-8-16/h2-11,14-15,20-21,28H,12-13H2,1H3,(H,25,27). The number of thiophene rings is 1. The Morgan fingerprint density at radius 2 is 1.91 bits per heavy atom. The number of hydrogen-bond donors (Lipinski definition) is 2. The van der Waals surface area contributed by atoms with Crippen molar-refractivity contribution in [2.45, 2.75) is 35.9 Å². The van der Waals surface area contributed by atoms with Crippen molar-refractivity contribution in [1.82, 2.24) is 9.62 Å². The topological polar surface area (TPSA) is 86.7 Å². The molecule has 0 spiro atoms. The highest BCUT2D eigenvalue weighted by Gasteiger charge is 2.50. The molecule has 2 N–H and O–H groups in total. The van der Waals surface area contributed by atoms with Gasteiger partial charge in [-0.1, -0.05) is 30.3 Å². The number of benzene rings is 2. The molecule has 1 amide bonds. The van der Waals surface area contributed by atoms with Crippen LogP contribution in [0.15, 0.2) is 77.0 Å². The molecule has 3 unspecified atom stereocenters. The van der Waals surface area contributed by atoms with Gasteiger partial charge in [0.2, 0.25) is 10.0 Å². The molecule has 4 rings (SSSR count). The molecule has 1 saturated heterocycles. The minimum absolute atomic E-state index is 0.0200. The molecular weight excluding hydrogens is 451 g/mol. The monoisotopic (exact) mass is 474 g/mol. The highest BCUT2D eigenvalue weighted by atomic mass is 32.2. The molecule has 6 nitrogen and oxygen atoms in total. The van der Waals surface area contributed by atoms with Crippen LogP contribution >= 0.6 is 11.3 Å². The van der Waals surface area contributed by atoms with E-state index in [9.17, 15) is 22.7 Å². The van der Waals surface area contributed by atoms with Crippen LogP contribution in [-0.4, -0.2) is 41.9 Å². The fraction of sp³-hybridized carbons (Fsp3) is 0.261. The van der Waals surface area contributed by atoms with Gasteiger partial charge in [-0.3, -0.25) is 4.79 Å². The second kappa shape index (κ2) is 8.74. The maximum atomic E-state index is 13.8. The summed E-state index contributed by atoms with van der Waals surface area (Å²) in [4.78, 5) is 13.4. The van der Waals surface area contributed by atoms with Crippen LogP contribution in [0.1, 0.15) is 34.6 Å². The lowest BCUT2D eigenvalue weighted by Gasteiger charge is -2.47. The van der Waals surface area contributed by atoms with Gasteiger partial charge in [-0.15, -0.1) is 11.3 Å². The molecule has 0 aliphatic carbocycles. The summed E-state index contributed by atoms with van der Waals surface area (Å²) in [6.45, 7) is 1.61. The van der Waals surface area contributed by atoms with Gasteiger partial charge >= 0.3 is 0 Å². The van der Waals surface area contributed by atoms with Crippen LogP contribution < -0.4 is 5.32 Å². The van der Waals surface area contributed by atoms with E-state index in [2.05, 4.69) is 5.32 Å². The lowest BCUT2D eigenvalue weighted by atomic mass is 9.83. The van der Waals surface area contributed by atoms with Crippen molar-refractivity contribution in [1.29, 1.82) is 0 Å². The Hall–Kier alpha value is -2.59. The Bertz CT molecular complexity index is 1200. The van der Waals surface area contributed by atoms with E-state index in [0.29, 0.717) is 10.4 Å². The minimum atomic E-state index is -4.11. The van der Waals surface area contributed by atoms with E-state index >= 15 is 0 Å². The van der Waals surface area contributed by atoms with Crippen molar-refractivity contribution >= 4 is 27.3 Å². The summed E-state index contributed by atoms with van der Waals surface area (Å²) in [6, 6.07) is 15.1. The Labute approximate surface area is 190 Å². The third-order valence-corrected chi connectivity index (χ3v) is 8.51. The molecule has 3 atom stereocenters. The summed E-state index contributed by atoms with van der Waals surface area (Å²) in [6.07, 6.45) is 0.100. The van der Waals surface area contributed by atoms with Crippen molar-refractivity contribution in [2.75, 3.05) is 6.54 Å². The maximum Gasteiger partial charge on any atom is 0.251 e. The molecule has 1 aromatic heterocycles. The molecule has 3 aromatic rings. The fourth-order valence-corrected chi connectivity index (χ4v) is 6.57. The van der Waals surface area contributed by atoms with Gasteiger partial charge in [-0.25, -0.2) is 12.8 Å². The Kier molecular flexibility index (Phi) is 6.17. The Morgan fingerprint density at radius 3 is 2.56 bits per heavy atom. The summed E-state index contributed by atoms with van der Waals surface area (Å²) in [5.74, 6) is -1.07. The first-order valence-electron chi connectivity index (χ1n) is 10.1. The fourth-order valence-electron chi connectivity index (χ4n) is 3.98. The molecule has 2 heterocycles. The summed E-state index contributed by atoms with van der Waals surface area (Å²) < 4.78 is 42.1. The van der Waals surface area contributed by atoms with E-state index in [4.69, 9.17) is 0 Å². The molecular formula is C23H23FN2O4S2. The predicted molar refractivity (Wildman–Crippen MR) is 120 cm³/mol. The van der Waals surface area contributed by atoms with Crippen LogP contribution in [-0.2, 0) is 10.0 Å². The van der Waals surface area contributed by atoms with Crippen molar-refractivity contribution in [3.8, 4) is 0 Å². The van der Waals surface area contributed by atoms with Crippen LogP contribution in [0.3, 0.4) is 0 Å². The predicted octanol–water partition coefficient (Wildman–Crippen LogP) is 3.57. The molecule has 1 aliphatic rings. The van der Waals surface area contributed by atoms with Gasteiger partial charge in [0.05, 0.1) is 22.6 Å². The van der Waals surface area contributed by atoms with E-state index in [1.54, 1.807) is 49.4 Å². The average Bonchev–Trinajstić information content (AvgIpc) is 3.30. The molecule has 0 radical (unpaired) electrons. The van der Waals surface area contributed by atoms with E-state index in [1.165, 1.54) is 33.8 Å². The first kappa shape index (κ1) is 22.6. The molecule has 32 heavy (non-hydrogen) atoms. The number of nitrogens with zero attached hydrogens (tertiary/aromatic N) is 1. The number of carbonyl (C=O) groups is 1. The van der Waals surface area contributed by atoms with E-state index < -0.39 is 39.4 Å². The van der Waals surface area contributed by atoms with E-state index in [0.717, 1.165) is 6.07 Å². The van der Waals surface area contributed by atoms with Crippen LogP contribution in [0.4, 0.5) is 4.39 Å². The first-order chi connectivity index (χ1) is 15.2. The highest BCUT2D eigenvalue weighted by Crippen LogP contribution is 2.41. The number of sulfonamides is 1. The van der Waals surface area contributed by atoms with Crippen LogP contribution in [0.5, 0.6) is 0 Å². The second-order valence-electron chi connectivity index (χ2n) is 7.96. The van der Waals surface area contributed by atoms with Gasteiger partial charge in [0.15, 0.2) is 0 Å².